The van der Waals surface area contributed by atoms with Gasteiger partial charge < -0.3 is 5.32 Å². The van der Waals surface area contributed by atoms with Crippen LogP contribution in [0.5, 0.6) is 0 Å². The van der Waals surface area contributed by atoms with Crippen LogP contribution in [0.1, 0.15) is 24.1 Å². The third kappa shape index (κ3) is 6.08. The smallest absolute Gasteiger partial charge is 0.243 e. The number of nitrogens with one attached hydrogen (secondary N) is 1. The number of hydrogen-bond donors (Lipinski definition) is 1. The molecule has 0 fully saturated rings. The molecule has 3 rings (SSSR count). The molecule has 1 N–H and O–H groups in total. The normalized spacial score (nSPS) is 12.5. The maximum absolute atomic E-state index is 13.3. The molecule has 5 nitrogen and oxygen atoms in total. The van der Waals surface area contributed by atoms with E-state index in [2.05, 4.69) is 5.32 Å². The lowest BCUT2D eigenvalue weighted by Crippen LogP contribution is -2.41. The van der Waals surface area contributed by atoms with Gasteiger partial charge in [-0.25, -0.2) is 8.42 Å². The number of nitrogens with zero attached hydrogens (tertiary/aromatic N) is 1. The van der Waals surface area contributed by atoms with Crippen molar-refractivity contribution in [1.29, 1.82) is 0 Å². The maximum atomic E-state index is 13.3. The molecular formula is C23H22Cl2N2O3S. The van der Waals surface area contributed by atoms with Crippen molar-refractivity contribution in [3.8, 4) is 0 Å². The minimum Gasteiger partial charge on any atom is -0.348 e. The van der Waals surface area contributed by atoms with E-state index in [9.17, 15) is 13.2 Å². The van der Waals surface area contributed by atoms with Gasteiger partial charge in [0.1, 0.15) is 0 Å². The zero-order valence-corrected chi connectivity index (χ0v) is 19.2. The summed E-state index contributed by atoms with van der Waals surface area (Å²) in [5, 5.41) is 3.71. The van der Waals surface area contributed by atoms with Crippen molar-refractivity contribution in [2.24, 2.45) is 0 Å². The van der Waals surface area contributed by atoms with Gasteiger partial charge >= 0.3 is 0 Å². The molecule has 0 spiro atoms. The van der Waals surface area contributed by atoms with Gasteiger partial charge in [0.15, 0.2) is 0 Å². The summed E-state index contributed by atoms with van der Waals surface area (Å²) in [5.74, 6) is -0.416. The molecule has 8 heteroatoms. The standard InChI is InChI=1S/C23H22Cl2N2O3S/c1-17(18-7-3-2-4-8-18)26-23(28)16-27(15-19-9-5-6-10-22(19)25)31(29,30)21-13-11-20(24)12-14-21/h2-14,17H,15-16H2,1H3,(H,26,28)/t17-/m0/s1. The van der Waals surface area contributed by atoms with Crippen LogP contribution < -0.4 is 5.32 Å². The van der Waals surface area contributed by atoms with Gasteiger partial charge in [-0.1, -0.05) is 71.7 Å². The second-order valence-electron chi connectivity index (χ2n) is 7.02. The van der Waals surface area contributed by atoms with Gasteiger partial charge in [0.2, 0.25) is 15.9 Å². The fraction of sp³-hybridized carbons (Fsp3) is 0.174. The van der Waals surface area contributed by atoms with E-state index in [1.807, 2.05) is 37.3 Å². The Hall–Kier alpha value is -2.38. The lowest BCUT2D eigenvalue weighted by Gasteiger charge is -2.23. The van der Waals surface area contributed by atoms with E-state index in [0.29, 0.717) is 15.6 Å². The quantitative estimate of drug-likeness (QED) is 0.493. The first-order chi connectivity index (χ1) is 14.8. The highest BCUT2D eigenvalue weighted by Gasteiger charge is 2.28. The lowest BCUT2D eigenvalue weighted by molar-refractivity contribution is -0.122. The predicted molar refractivity (Wildman–Crippen MR) is 123 cm³/mol. The van der Waals surface area contributed by atoms with Crippen LogP contribution in [0.25, 0.3) is 0 Å². The van der Waals surface area contributed by atoms with E-state index in [1.54, 1.807) is 24.3 Å². The minimum atomic E-state index is -3.97. The van der Waals surface area contributed by atoms with Gasteiger partial charge in [-0.15, -0.1) is 0 Å². The summed E-state index contributed by atoms with van der Waals surface area (Å²) in [4.78, 5) is 12.8. The van der Waals surface area contributed by atoms with Crippen molar-refractivity contribution in [2.75, 3.05) is 6.54 Å². The van der Waals surface area contributed by atoms with E-state index < -0.39 is 15.9 Å². The van der Waals surface area contributed by atoms with Gasteiger partial charge in [0.25, 0.3) is 0 Å². The van der Waals surface area contributed by atoms with Crippen molar-refractivity contribution in [3.05, 3.63) is 100 Å². The van der Waals surface area contributed by atoms with Crippen molar-refractivity contribution in [3.63, 3.8) is 0 Å². The van der Waals surface area contributed by atoms with Crippen LogP contribution in [0.15, 0.2) is 83.8 Å². The Kier molecular flexibility index (Phi) is 7.73. The van der Waals surface area contributed by atoms with Crippen molar-refractivity contribution >= 4 is 39.1 Å². The molecule has 0 unspecified atom stereocenters. The molecule has 3 aromatic rings. The van der Waals surface area contributed by atoms with Crippen LogP contribution in [0, 0.1) is 0 Å². The van der Waals surface area contributed by atoms with E-state index in [4.69, 9.17) is 23.2 Å². The number of benzene rings is 3. The van der Waals surface area contributed by atoms with Crippen LogP contribution in [-0.2, 0) is 21.4 Å². The summed E-state index contributed by atoms with van der Waals surface area (Å²) < 4.78 is 27.7. The summed E-state index contributed by atoms with van der Waals surface area (Å²) in [6.45, 7) is 1.45. The van der Waals surface area contributed by atoms with Crippen LogP contribution in [-0.4, -0.2) is 25.2 Å². The second-order valence-corrected chi connectivity index (χ2v) is 9.80. The van der Waals surface area contributed by atoms with E-state index >= 15 is 0 Å². The zero-order valence-electron chi connectivity index (χ0n) is 16.8. The Labute approximate surface area is 192 Å². The van der Waals surface area contributed by atoms with Crippen molar-refractivity contribution in [1.82, 2.24) is 9.62 Å². The molecule has 0 bridgehead atoms. The predicted octanol–water partition coefficient (Wildman–Crippen LogP) is 5.06. The summed E-state index contributed by atoms with van der Waals surface area (Å²) in [7, 11) is -3.97. The Morgan fingerprint density at radius 3 is 2.19 bits per heavy atom. The number of sulfonamides is 1. The number of carbonyl (C=O) groups is 1. The topological polar surface area (TPSA) is 66.5 Å². The molecule has 0 heterocycles. The van der Waals surface area contributed by atoms with Gasteiger partial charge in [-0.2, -0.15) is 4.31 Å². The average Bonchev–Trinajstić information content (AvgIpc) is 2.75. The molecule has 0 radical (unpaired) electrons. The summed E-state index contributed by atoms with van der Waals surface area (Å²) in [6, 6.07) is 22.0. The van der Waals surface area contributed by atoms with Crippen molar-refractivity contribution < 1.29 is 13.2 Å². The summed E-state index contributed by atoms with van der Waals surface area (Å²) >= 11 is 12.1. The van der Waals surface area contributed by atoms with Crippen LogP contribution >= 0.6 is 23.2 Å². The number of amides is 1. The summed E-state index contributed by atoms with van der Waals surface area (Å²) in [6.07, 6.45) is 0. The van der Waals surface area contributed by atoms with E-state index in [1.165, 1.54) is 24.3 Å². The minimum absolute atomic E-state index is 0.0439. The molecule has 3 aromatic carbocycles. The molecule has 0 aromatic heterocycles. The second kappa shape index (κ2) is 10.3. The Bertz CT molecular complexity index is 1140. The van der Waals surface area contributed by atoms with Gasteiger partial charge in [-0.05, 0) is 48.4 Å². The molecule has 0 aliphatic carbocycles. The Balaban J connectivity index is 1.85. The third-order valence-electron chi connectivity index (χ3n) is 4.75. The Morgan fingerprint density at radius 2 is 1.55 bits per heavy atom. The number of halogens is 2. The fourth-order valence-electron chi connectivity index (χ4n) is 3.07. The van der Waals surface area contributed by atoms with E-state index in [0.717, 1.165) is 9.87 Å². The summed E-state index contributed by atoms with van der Waals surface area (Å²) in [5.41, 5.74) is 1.53. The molecule has 0 aliphatic heterocycles. The maximum Gasteiger partial charge on any atom is 0.243 e. The monoisotopic (exact) mass is 476 g/mol. The van der Waals surface area contributed by atoms with Crippen LogP contribution in [0.4, 0.5) is 0 Å². The molecule has 31 heavy (non-hydrogen) atoms. The first-order valence-corrected chi connectivity index (χ1v) is 11.8. The highest BCUT2D eigenvalue weighted by molar-refractivity contribution is 7.89. The molecule has 0 saturated heterocycles. The number of hydrogen-bond acceptors (Lipinski definition) is 3. The van der Waals surface area contributed by atoms with Crippen LogP contribution in [0.2, 0.25) is 10.0 Å². The number of rotatable bonds is 8. The van der Waals surface area contributed by atoms with Crippen LogP contribution in [0.3, 0.4) is 0 Å². The first-order valence-electron chi connectivity index (χ1n) is 9.61. The number of carbonyl (C=O) groups excluding carboxylic acids is 1. The molecule has 0 saturated carbocycles. The molecule has 0 aliphatic rings. The fourth-order valence-corrected chi connectivity index (χ4v) is 4.77. The Morgan fingerprint density at radius 1 is 0.935 bits per heavy atom. The van der Waals surface area contributed by atoms with Gasteiger partial charge in [0.05, 0.1) is 17.5 Å². The van der Waals surface area contributed by atoms with Gasteiger partial charge in [-0.3, -0.25) is 4.79 Å². The highest BCUT2D eigenvalue weighted by atomic mass is 35.5. The largest absolute Gasteiger partial charge is 0.348 e. The zero-order chi connectivity index (χ0) is 22.4. The molecule has 1 amide bonds. The highest BCUT2D eigenvalue weighted by Crippen LogP contribution is 2.23. The third-order valence-corrected chi connectivity index (χ3v) is 7.18. The molecule has 1 atom stereocenters. The molecule has 162 valence electrons. The van der Waals surface area contributed by atoms with Gasteiger partial charge in [0, 0.05) is 16.6 Å². The first kappa shape index (κ1) is 23.3. The SMILES string of the molecule is C[C@H](NC(=O)CN(Cc1ccccc1Cl)S(=O)(=O)c1ccc(Cl)cc1)c1ccccc1. The molecular weight excluding hydrogens is 455 g/mol. The van der Waals surface area contributed by atoms with Crippen molar-refractivity contribution in [2.45, 2.75) is 24.4 Å². The van der Waals surface area contributed by atoms with E-state index in [-0.39, 0.29) is 24.0 Å². The average molecular weight is 477 g/mol. The lowest BCUT2D eigenvalue weighted by atomic mass is 10.1.